The van der Waals surface area contributed by atoms with Gasteiger partial charge in [-0.3, -0.25) is 0 Å². The van der Waals surface area contributed by atoms with Crippen LogP contribution in [0, 0.1) is 0 Å². The summed E-state index contributed by atoms with van der Waals surface area (Å²) in [5.41, 5.74) is 0.733. The Morgan fingerprint density at radius 3 is 3.38 bits per heavy atom. The maximum absolute atomic E-state index is 5.25. The van der Waals surface area contributed by atoms with Crippen LogP contribution in [0.3, 0.4) is 0 Å². The second-order valence-electron chi connectivity index (χ2n) is 2.57. The second kappa shape index (κ2) is 3.26. The highest BCUT2D eigenvalue weighted by Gasteiger charge is 2.04. The molecule has 0 saturated heterocycles. The minimum absolute atomic E-state index is 0.647. The fraction of sp³-hybridized carbons (Fsp3) is 0.111. The van der Waals surface area contributed by atoms with E-state index in [0.29, 0.717) is 12.4 Å². The van der Waals surface area contributed by atoms with Gasteiger partial charge in [0.25, 0.3) is 0 Å². The molecule has 0 bridgehead atoms. The third kappa shape index (κ3) is 1.38. The van der Waals surface area contributed by atoms with Gasteiger partial charge in [0.15, 0.2) is 11.4 Å². The first kappa shape index (κ1) is 7.79. The Bertz CT molecular complexity index is 421. The average Bonchev–Trinajstić information content (AvgIpc) is 2.62. The lowest BCUT2D eigenvalue weighted by Crippen LogP contribution is -2.01. The van der Waals surface area contributed by atoms with E-state index in [1.165, 1.54) is 0 Å². The van der Waals surface area contributed by atoms with Crippen LogP contribution in [0.1, 0.15) is 0 Å². The van der Waals surface area contributed by atoms with Crippen molar-refractivity contribution in [3.63, 3.8) is 0 Å². The van der Waals surface area contributed by atoms with Crippen molar-refractivity contribution < 1.29 is 4.42 Å². The van der Waals surface area contributed by atoms with Gasteiger partial charge in [0, 0.05) is 11.9 Å². The lowest BCUT2D eigenvalue weighted by molar-refractivity contribution is 0.614. The van der Waals surface area contributed by atoms with E-state index in [1.54, 1.807) is 18.5 Å². The highest BCUT2D eigenvalue weighted by atomic mass is 16.3. The molecule has 0 aliphatic heterocycles. The van der Waals surface area contributed by atoms with Gasteiger partial charge in [-0.1, -0.05) is 6.08 Å². The fourth-order valence-electron chi connectivity index (χ4n) is 1.09. The lowest BCUT2D eigenvalue weighted by atomic mass is 10.3. The zero-order valence-electron chi connectivity index (χ0n) is 7.03. The van der Waals surface area contributed by atoms with Crippen molar-refractivity contribution in [1.29, 1.82) is 0 Å². The van der Waals surface area contributed by atoms with Crippen LogP contribution < -0.4 is 5.32 Å². The van der Waals surface area contributed by atoms with Gasteiger partial charge >= 0.3 is 0 Å². The van der Waals surface area contributed by atoms with Crippen molar-refractivity contribution in [1.82, 2.24) is 10.2 Å². The topological polar surface area (TPSA) is 51.0 Å². The Balaban J connectivity index is 2.42. The summed E-state index contributed by atoms with van der Waals surface area (Å²) in [6.45, 7) is 4.25. The number of aromatic nitrogens is 2. The van der Waals surface area contributed by atoms with Crippen molar-refractivity contribution in [3.05, 3.63) is 31.2 Å². The van der Waals surface area contributed by atoms with Gasteiger partial charge in [-0.15, -0.1) is 11.7 Å². The van der Waals surface area contributed by atoms with Crippen LogP contribution in [0.5, 0.6) is 0 Å². The molecule has 0 unspecified atom stereocenters. The Morgan fingerprint density at radius 2 is 2.54 bits per heavy atom. The molecule has 2 heterocycles. The van der Waals surface area contributed by atoms with Crippen molar-refractivity contribution in [3.8, 4) is 0 Å². The van der Waals surface area contributed by atoms with E-state index in [4.69, 9.17) is 4.42 Å². The summed E-state index contributed by atoms with van der Waals surface area (Å²) in [6.07, 6.45) is 5.04. The van der Waals surface area contributed by atoms with Crippen LogP contribution in [-0.2, 0) is 0 Å². The summed E-state index contributed by atoms with van der Waals surface area (Å²) in [5.74, 6) is 0.655. The molecule has 0 saturated carbocycles. The van der Waals surface area contributed by atoms with Crippen LogP contribution in [0.25, 0.3) is 11.0 Å². The Kier molecular flexibility index (Phi) is 1.96. The highest BCUT2D eigenvalue weighted by molar-refractivity contribution is 5.85. The molecule has 0 aliphatic rings. The monoisotopic (exact) mass is 175 g/mol. The maximum Gasteiger partial charge on any atom is 0.192 e. The zero-order valence-corrected chi connectivity index (χ0v) is 7.03. The van der Waals surface area contributed by atoms with Gasteiger partial charge in [0.05, 0.1) is 12.5 Å². The van der Waals surface area contributed by atoms with Crippen LogP contribution >= 0.6 is 0 Å². The molecule has 0 aliphatic carbocycles. The minimum atomic E-state index is 0.647. The molecule has 4 heteroatoms. The SMILES string of the molecule is C=CCNc1nncc2ccoc12. The minimum Gasteiger partial charge on any atom is -0.460 e. The maximum atomic E-state index is 5.25. The number of rotatable bonds is 3. The zero-order chi connectivity index (χ0) is 9.10. The van der Waals surface area contributed by atoms with Crippen LogP contribution in [0.2, 0.25) is 0 Å². The van der Waals surface area contributed by atoms with Crippen LogP contribution in [0.4, 0.5) is 5.82 Å². The van der Waals surface area contributed by atoms with Gasteiger partial charge < -0.3 is 9.73 Å². The molecule has 2 aromatic rings. The van der Waals surface area contributed by atoms with Crippen molar-refractivity contribution in [2.45, 2.75) is 0 Å². The molecule has 66 valence electrons. The molecule has 0 amide bonds. The molecular weight excluding hydrogens is 166 g/mol. The number of fused-ring (bicyclic) bond motifs is 1. The quantitative estimate of drug-likeness (QED) is 0.723. The summed E-state index contributed by atoms with van der Waals surface area (Å²) in [4.78, 5) is 0. The molecule has 0 aromatic carbocycles. The van der Waals surface area contributed by atoms with E-state index in [-0.39, 0.29) is 0 Å². The Morgan fingerprint density at radius 1 is 1.62 bits per heavy atom. The third-order valence-electron chi connectivity index (χ3n) is 1.68. The van der Waals surface area contributed by atoms with Gasteiger partial charge in [-0.25, -0.2) is 0 Å². The molecule has 0 atom stereocenters. The largest absolute Gasteiger partial charge is 0.460 e. The molecular formula is C9H9N3O. The standard InChI is InChI=1S/C9H9N3O/c1-2-4-10-9-8-7(3-5-13-8)6-11-12-9/h2-3,5-6H,1,4H2,(H,10,12). The van der Waals surface area contributed by atoms with Crippen molar-refractivity contribution in [2.24, 2.45) is 0 Å². The average molecular weight is 175 g/mol. The molecule has 2 rings (SSSR count). The summed E-state index contributed by atoms with van der Waals surface area (Å²) in [7, 11) is 0. The van der Waals surface area contributed by atoms with Crippen LogP contribution in [-0.4, -0.2) is 16.7 Å². The van der Waals surface area contributed by atoms with E-state index in [9.17, 15) is 0 Å². The molecule has 0 spiro atoms. The van der Waals surface area contributed by atoms with E-state index < -0.39 is 0 Å². The lowest BCUT2D eigenvalue weighted by Gasteiger charge is -2.00. The summed E-state index contributed by atoms with van der Waals surface area (Å²) < 4.78 is 5.25. The van der Waals surface area contributed by atoms with Gasteiger partial charge in [-0.2, -0.15) is 5.10 Å². The highest BCUT2D eigenvalue weighted by Crippen LogP contribution is 2.19. The molecule has 0 fully saturated rings. The van der Waals surface area contributed by atoms with E-state index in [1.807, 2.05) is 6.07 Å². The van der Waals surface area contributed by atoms with Gasteiger partial charge in [-0.05, 0) is 6.07 Å². The Labute approximate surface area is 75.3 Å². The van der Waals surface area contributed by atoms with Crippen molar-refractivity contribution >= 4 is 16.8 Å². The smallest absolute Gasteiger partial charge is 0.192 e. The third-order valence-corrected chi connectivity index (χ3v) is 1.68. The molecule has 2 aromatic heterocycles. The number of hydrogen-bond donors (Lipinski definition) is 1. The fourth-order valence-corrected chi connectivity index (χ4v) is 1.09. The first-order chi connectivity index (χ1) is 6.42. The normalized spacial score (nSPS) is 10.2. The summed E-state index contributed by atoms with van der Waals surface area (Å²) in [5, 5.41) is 11.7. The first-order valence-corrected chi connectivity index (χ1v) is 3.95. The number of nitrogens with one attached hydrogen (secondary N) is 1. The first-order valence-electron chi connectivity index (χ1n) is 3.95. The van der Waals surface area contributed by atoms with E-state index >= 15 is 0 Å². The number of anilines is 1. The molecule has 4 nitrogen and oxygen atoms in total. The summed E-state index contributed by atoms with van der Waals surface area (Å²) >= 11 is 0. The summed E-state index contributed by atoms with van der Waals surface area (Å²) in [6, 6.07) is 1.85. The van der Waals surface area contributed by atoms with E-state index in [0.717, 1.165) is 11.0 Å². The predicted octanol–water partition coefficient (Wildman–Crippen LogP) is 1.82. The van der Waals surface area contributed by atoms with Gasteiger partial charge in [0.2, 0.25) is 0 Å². The van der Waals surface area contributed by atoms with Gasteiger partial charge in [0.1, 0.15) is 0 Å². The molecule has 0 radical (unpaired) electrons. The Hall–Kier alpha value is -1.84. The molecule has 13 heavy (non-hydrogen) atoms. The van der Waals surface area contributed by atoms with Crippen molar-refractivity contribution in [2.75, 3.05) is 11.9 Å². The number of furan rings is 1. The second-order valence-corrected chi connectivity index (χ2v) is 2.57. The number of nitrogens with zero attached hydrogens (tertiary/aromatic N) is 2. The predicted molar refractivity (Wildman–Crippen MR) is 50.5 cm³/mol. The molecule has 1 N–H and O–H groups in total. The van der Waals surface area contributed by atoms with E-state index in [2.05, 4.69) is 22.1 Å². The van der Waals surface area contributed by atoms with Crippen LogP contribution in [0.15, 0.2) is 35.6 Å². The number of hydrogen-bond acceptors (Lipinski definition) is 4.